The van der Waals surface area contributed by atoms with Crippen LogP contribution in [0.5, 0.6) is 0 Å². The molecule has 116 valence electrons. The highest BCUT2D eigenvalue weighted by Gasteiger charge is 2.36. The Bertz CT molecular complexity index is 611. The molecule has 8 nitrogen and oxygen atoms in total. The Kier molecular flexibility index (Phi) is 4.61. The summed E-state index contributed by atoms with van der Waals surface area (Å²) in [6.45, 7) is 0. The zero-order valence-corrected chi connectivity index (χ0v) is 12.1. The van der Waals surface area contributed by atoms with E-state index in [2.05, 4.69) is 15.3 Å². The average Bonchev–Trinajstić information content (AvgIpc) is 2.90. The second-order valence-corrected chi connectivity index (χ2v) is 7.33. The second-order valence-electron chi connectivity index (χ2n) is 5.03. The lowest BCUT2D eigenvalue weighted by Crippen LogP contribution is -2.50. The predicted octanol–water partition coefficient (Wildman–Crippen LogP) is -0.511. The van der Waals surface area contributed by atoms with E-state index in [9.17, 15) is 18.0 Å². The molecule has 1 unspecified atom stereocenters. The van der Waals surface area contributed by atoms with Crippen molar-refractivity contribution in [3.05, 3.63) is 18.2 Å². The summed E-state index contributed by atoms with van der Waals surface area (Å²) in [5.74, 6) is -1.98. The smallest absolute Gasteiger partial charge is 0.326 e. The van der Waals surface area contributed by atoms with Gasteiger partial charge in [-0.3, -0.25) is 4.79 Å². The van der Waals surface area contributed by atoms with Crippen LogP contribution in [0.1, 0.15) is 25.0 Å². The molecule has 0 saturated carbocycles. The third-order valence-corrected chi connectivity index (χ3v) is 5.64. The maximum absolute atomic E-state index is 12.1. The van der Waals surface area contributed by atoms with Gasteiger partial charge in [0.15, 0.2) is 9.84 Å². The molecule has 2 atom stereocenters. The highest BCUT2D eigenvalue weighted by molar-refractivity contribution is 7.92. The highest BCUT2D eigenvalue weighted by atomic mass is 32.2. The van der Waals surface area contributed by atoms with Crippen LogP contribution < -0.4 is 5.32 Å². The van der Waals surface area contributed by atoms with E-state index in [-0.39, 0.29) is 18.6 Å². The number of aliphatic carboxylic acids is 1. The van der Waals surface area contributed by atoms with Gasteiger partial charge in [0.2, 0.25) is 5.91 Å². The molecule has 3 N–H and O–H groups in total. The Morgan fingerprint density at radius 3 is 2.81 bits per heavy atom. The van der Waals surface area contributed by atoms with Gasteiger partial charge in [-0.25, -0.2) is 18.2 Å². The third kappa shape index (κ3) is 3.81. The van der Waals surface area contributed by atoms with E-state index in [0.717, 1.165) is 0 Å². The third-order valence-electron chi connectivity index (χ3n) is 3.46. The molecule has 0 radical (unpaired) electrons. The molecule has 0 aliphatic carbocycles. The molecule has 1 aromatic heterocycles. The predicted molar refractivity (Wildman–Crippen MR) is 73.3 cm³/mol. The largest absolute Gasteiger partial charge is 0.480 e. The number of carbonyl (C=O) groups is 2. The van der Waals surface area contributed by atoms with Gasteiger partial charge < -0.3 is 15.4 Å². The average molecular weight is 315 g/mol. The molecule has 0 aromatic carbocycles. The minimum Gasteiger partial charge on any atom is -0.480 e. The molecule has 0 spiro atoms. The fourth-order valence-corrected chi connectivity index (χ4v) is 4.14. The summed E-state index contributed by atoms with van der Waals surface area (Å²) in [4.78, 5) is 29.8. The number of hydrogen-bond donors (Lipinski definition) is 3. The first-order valence-electron chi connectivity index (χ1n) is 6.62. The van der Waals surface area contributed by atoms with Crippen molar-refractivity contribution in [3.8, 4) is 0 Å². The molecule has 9 heteroatoms. The van der Waals surface area contributed by atoms with Gasteiger partial charge >= 0.3 is 5.97 Å². The lowest BCUT2D eigenvalue weighted by Gasteiger charge is -2.23. The first-order chi connectivity index (χ1) is 9.90. The van der Waals surface area contributed by atoms with E-state index in [1.54, 1.807) is 0 Å². The lowest BCUT2D eigenvalue weighted by atomic mass is 10.1. The number of nitrogens with one attached hydrogen (secondary N) is 2. The number of carbonyl (C=O) groups excluding carboxylic acids is 1. The maximum atomic E-state index is 12.1. The Balaban J connectivity index is 2.06. The molecule has 1 fully saturated rings. The number of aromatic amines is 1. The van der Waals surface area contributed by atoms with E-state index in [1.807, 2.05) is 0 Å². The van der Waals surface area contributed by atoms with Crippen LogP contribution >= 0.6 is 0 Å². The molecule has 1 saturated heterocycles. The van der Waals surface area contributed by atoms with Gasteiger partial charge in [-0.1, -0.05) is 6.42 Å². The van der Waals surface area contributed by atoms with Crippen molar-refractivity contribution in [2.45, 2.75) is 37.0 Å². The molecular weight excluding hydrogens is 298 g/mol. The topological polar surface area (TPSA) is 129 Å². The van der Waals surface area contributed by atoms with Crippen molar-refractivity contribution < 1.29 is 23.1 Å². The number of nitrogens with zero attached hydrogens (tertiary/aromatic N) is 1. The summed E-state index contributed by atoms with van der Waals surface area (Å²) in [6.07, 6.45) is 4.32. The number of carboxylic acids is 1. The molecule has 2 heterocycles. The summed E-state index contributed by atoms with van der Waals surface area (Å²) < 4.78 is 23.7. The summed E-state index contributed by atoms with van der Waals surface area (Å²) in [6, 6.07) is -1.19. The van der Waals surface area contributed by atoms with Crippen molar-refractivity contribution in [1.29, 1.82) is 0 Å². The number of sulfone groups is 1. The first-order valence-corrected chi connectivity index (χ1v) is 8.33. The van der Waals surface area contributed by atoms with Gasteiger partial charge in [0.25, 0.3) is 0 Å². The van der Waals surface area contributed by atoms with Gasteiger partial charge in [0.1, 0.15) is 11.3 Å². The number of H-pyrrole nitrogens is 1. The molecule has 0 bridgehead atoms. The second kappa shape index (κ2) is 6.25. The normalized spacial score (nSPS) is 22.4. The quantitative estimate of drug-likeness (QED) is 0.671. The van der Waals surface area contributed by atoms with E-state index >= 15 is 0 Å². The van der Waals surface area contributed by atoms with E-state index in [4.69, 9.17) is 5.11 Å². The van der Waals surface area contributed by atoms with Crippen LogP contribution in [0.3, 0.4) is 0 Å². The molecule has 21 heavy (non-hydrogen) atoms. The number of rotatable bonds is 5. The van der Waals surface area contributed by atoms with Gasteiger partial charge in [0, 0.05) is 18.3 Å². The number of amides is 1. The Hall–Kier alpha value is -1.90. The summed E-state index contributed by atoms with van der Waals surface area (Å²) in [7, 11) is -3.48. The van der Waals surface area contributed by atoms with Crippen molar-refractivity contribution in [2.75, 3.05) is 5.75 Å². The van der Waals surface area contributed by atoms with Crippen LogP contribution in [0.25, 0.3) is 0 Å². The Morgan fingerprint density at radius 1 is 1.48 bits per heavy atom. The van der Waals surface area contributed by atoms with Crippen LogP contribution in [0, 0.1) is 0 Å². The van der Waals surface area contributed by atoms with Gasteiger partial charge in [0.05, 0.1) is 12.1 Å². The van der Waals surface area contributed by atoms with Crippen molar-refractivity contribution >= 4 is 21.7 Å². The molecule has 1 aliphatic rings. The Labute approximate surface area is 121 Å². The number of imidazole rings is 1. The summed E-state index contributed by atoms with van der Waals surface area (Å²) >= 11 is 0. The monoisotopic (exact) mass is 315 g/mol. The molecule has 1 aliphatic heterocycles. The number of hydrogen-bond acceptors (Lipinski definition) is 5. The molecular formula is C12H17N3O5S. The summed E-state index contributed by atoms with van der Waals surface area (Å²) in [5, 5.41) is 10.3. The first kappa shape index (κ1) is 15.5. The molecule has 2 rings (SSSR count). The SMILES string of the molecule is O=C(N[C@@H](Cc1cnc[nH]1)C(=O)O)C1CCCCS1(=O)=O. The summed E-state index contributed by atoms with van der Waals surface area (Å²) in [5.41, 5.74) is 0.550. The maximum Gasteiger partial charge on any atom is 0.326 e. The van der Waals surface area contributed by atoms with Crippen LogP contribution in [-0.2, 0) is 25.8 Å². The molecule has 1 aromatic rings. The van der Waals surface area contributed by atoms with Gasteiger partial charge in [-0.2, -0.15) is 0 Å². The standard InChI is InChI=1S/C12H17N3O5S/c16-11(10-3-1-2-4-21(10,19)20)15-9(12(17)18)5-8-6-13-7-14-8/h6-7,9-10H,1-5H2,(H,13,14)(H,15,16)(H,17,18)/t9-,10?/m0/s1. The zero-order chi connectivity index (χ0) is 15.5. The van der Waals surface area contributed by atoms with Gasteiger partial charge in [-0.05, 0) is 12.8 Å². The van der Waals surface area contributed by atoms with Crippen LogP contribution in [0.15, 0.2) is 12.5 Å². The van der Waals surface area contributed by atoms with Gasteiger partial charge in [-0.15, -0.1) is 0 Å². The van der Waals surface area contributed by atoms with E-state index in [1.165, 1.54) is 12.5 Å². The lowest BCUT2D eigenvalue weighted by molar-refractivity contribution is -0.141. The molecule has 1 amide bonds. The van der Waals surface area contributed by atoms with Crippen molar-refractivity contribution in [3.63, 3.8) is 0 Å². The fraction of sp³-hybridized carbons (Fsp3) is 0.583. The Morgan fingerprint density at radius 2 is 2.24 bits per heavy atom. The van der Waals surface area contributed by atoms with Crippen molar-refractivity contribution in [2.24, 2.45) is 0 Å². The minimum atomic E-state index is -3.48. The fourth-order valence-electron chi connectivity index (χ4n) is 2.33. The van der Waals surface area contributed by atoms with E-state index in [0.29, 0.717) is 18.5 Å². The van der Waals surface area contributed by atoms with Crippen molar-refractivity contribution in [1.82, 2.24) is 15.3 Å². The zero-order valence-electron chi connectivity index (χ0n) is 11.3. The number of aromatic nitrogens is 2. The highest BCUT2D eigenvalue weighted by Crippen LogP contribution is 2.19. The number of carboxylic acid groups (broad SMARTS) is 1. The van der Waals surface area contributed by atoms with Crippen LogP contribution in [-0.4, -0.2) is 52.4 Å². The minimum absolute atomic E-state index is 0.0217. The van der Waals surface area contributed by atoms with E-state index < -0.39 is 33.0 Å². The van der Waals surface area contributed by atoms with Crippen LogP contribution in [0.2, 0.25) is 0 Å². The van der Waals surface area contributed by atoms with Crippen LogP contribution in [0.4, 0.5) is 0 Å².